The normalized spacial score (nSPS) is 14.9. The zero-order chi connectivity index (χ0) is 23.0. The number of halogens is 6. The minimum absolute atomic E-state index is 0.182. The van der Waals surface area contributed by atoms with Gasteiger partial charge >= 0.3 is 6.18 Å². The van der Waals surface area contributed by atoms with Crippen LogP contribution >= 0.6 is 15.9 Å². The van der Waals surface area contributed by atoms with Crippen LogP contribution in [0, 0.1) is 18.6 Å². The van der Waals surface area contributed by atoms with Crippen molar-refractivity contribution in [1.29, 1.82) is 0 Å². The molecule has 1 aromatic heterocycles. The second-order valence-electron chi connectivity index (χ2n) is 6.94. The van der Waals surface area contributed by atoms with E-state index in [4.69, 9.17) is 0 Å². The number of aliphatic hydroxyl groups is 1. The second-order valence-corrected chi connectivity index (χ2v) is 7.50. The molecule has 31 heavy (non-hydrogen) atoms. The maximum absolute atomic E-state index is 15.0. The summed E-state index contributed by atoms with van der Waals surface area (Å²) in [5, 5.41) is 12.8. The van der Waals surface area contributed by atoms with Gasteiger partial charge in [0.1, 0.15) is 0 Å². The molecule has 0 aliphatic carbocycles. The predicted molar refractivity (Wildman–Crippen MR) is 111 cm³/mol. The van der Waals surface area contributed by atoms with Crippen molar-refractivity contribution < 1.29 is 31.8 Å². The molecule has 2 N–H and O–H groups in total. The number of hydrogen-bond donors (Lipinski definition) is 2. The fourth-order valence-corrected chi connectivity index (χ4v) is 3.91. The minimum atomic E-state index is -5.17. The number of ether oxygens (including phenoxy) is 1. The Morgan fingerprint density at radius 1 is 1.13 bits per heavy atom. The molecule has 0 amide bonds. The Morgan fingerprint density at radius 3 is 2.45 bits per heavy atom. The highest BCUT2D eigenvalue weighted by atomic mass is 79.9. The van der Waals surface area contributed by atoms with Gasteiger partial charge in [-0.1, -0.05) is 28.1 Å². The molecular weight excluding hydrogens is 487 g/mol. The Kier molecular flexibility index (Phi) is 6.43. The van der Waals surface area contributed by atoms with Crippen molar-refractivity contribution in [2.45, 2.75) is 24.7 Å². The Bertz CT molecular complexity index is 1110. The molecule has 0 radical (unpaired) electrons. The van der Waals surface area contributed by atoms with Crippen molar-refractivity contribution in [3.63, 3.8) is 0 Å². The van der Waals surface area contributed by atoms with Gasteiger partial charge in [0.25, 0.3) is 0 Å². The van der Waals surface area contributed by atoms with Gasteiger partial charge in [0.15, 0.2) is 23.0 Å². The van der Waals surface area contributed by atoms with Crippen LogP contribution in [0.25, 0.3) is 10.9 Å². The van der Waals surface area contributed by atoms with E-state index in [0.29, 0.717) is 16.6 Å². The molecule has 3 rings (SSSR count). The number of benzene rings is 2. The zero-order valence-electron chi connectivity index (χ0n) is 16.4. The molecule has 0 spiro atoms. The smallest absolute Gasteiger partial charge is 0.420 e. The third-order valence-electron chi connectivity index (χ3n) is 4.94. The largest absolute Gasteiger partial charge is 0.491 e. The number of rotatable bonds is 6. The topological polar surface area (TPSA) is 54.4 Å². The maximum Gasteiger partial charge on any atom is 0.420 e. The van der Waals surface area contributed by atoms with E-state index in [9.17, 15) is 27.1 Å². The second kappa shape index (κ2) is 8.58. The number of methoxy groups -OCH3 is 1. The number of nitrogens with zero attached hydrogens (tertiary/aromatic N) is 1. The SMILES string of the molecule is COc1c(F)ccc(C(Nc2cccc3nc(C)ccc23)C(O)(CBr)C(F)(F)F)c1F. The number of aryl methyl sites for hydroxylation is 1. The fourth-order valence-electron chi connectivity index (χ4n) is 3.27. The zero-order valence-corrected chi connectivity index (χ0v) is 18.0. The van der Waals surface area contributed by atoms with E-state index in [2.05, 4.69) is 31.0 Å². The van der Waals surface area contributed by atoms with E-state index in [1.54, 1.807) is 31.2 Å². The molecule has 166 valence electrons. The summed E-state index contributed by atoms with van der Waals surface area (Å²) in [5.74, 6) is -3.28. The summed E-state index contributed by atoms with van der Waals surface area (Å²) in [6.07, 6.45) is -5.17. The van der Waals surface area contributed by atoms with Gasteiger partial charge < -0.3 is 15.2 Å². The van der Waals surface area contributed by atoms with Crippen LogP contribution in [0.3, 0.4) is 0 Å². The highest BCUT2D eigenvalue weighted by Crippen LogP contribution is 2.45. The summed E-state index contributed by atoms with van der Waals surface area (Å²) in [7, 11) is 0.993. The first-order valence-electron chi connectivity index (χ1n) is 9.03. The van der Waals surface area contributed by atoms with Gasteiger partial charge in [0.2, 0.25) is 0 Å². The number of nitrogens with one attached hydrogen (secondary N) is 1. The van der Waals surface area contributed by atoms with E-state index < -0.39 is 46.1 Å². The van der Waals surface area contributed by atoms with Crippen LogP contribution in [-0.4, -0.2) is 34.3 Å². The molecule has 2 aromatic carbocycles. The molecule has 0 fully saturated rings. The Labute approximate surface area is 183 Å². The van der Waals surface area contributed by atoms with Crippen molar-refractivity contribution in [1.82, 2.24) is 4.98 Å². The first-order valence-corrected chi connectivity index (χ1v) is 10.2. The standard InChI is InChI=1S/C21H18BrF5N2O2/c1-11-6-7-12-15(28-11)4-3-5-16(12)29-19(20(30,10-22)21(25,26)27)13-8-9-14(23)18(31-2)17(13)24/h3-9,19,29-30H,10H2,1-2H3. The first kappa shape index (κ1) is 23.2. The van der Waals surface area contributed by atoms with Gasteiger partial charge in [0, 0.05) is 27.7 Å². The lowest BCUT2D eigenvalue weighted by molar-refractivity contribution is -0.256. The van der Waals surface area contributed by atoms with Crippen molar-refractivity contribution in [3.05, 3.63) is 65.4 Å². The average molecular weight is 505 g/mol. The van der Waals surface area contributed by atoms with Crippen LogP contribution in [0.5, 0.6) is 5.75 Å². The lowest BCUT2D eigenvalue weighted by Gasteiger charge is -2.38. The monoisotopic (exact) mass is 504 g/mol. The van der Waals surface area contributed by atoms with Crippen molar-refractivity contribution >= 4 is 32.5 Å². The van der Waals surface area contributed by atoms with Crippen molar-refractivity contribution in [2.75, 3.05) is 17.8 Å². The van der Waals surface area contributed by atoms with Crippen molar-refractivity contribution in [3.8, 4) is 5.75 Å². The molecule has 10 heteroatoms. The molecule has 0 bridgehead atoms. The molecule has 2 atom stereocenters. The molecule has 0 aliphatic rings. The Hall–Kier alpha value is -2.46. The summed E-state index contributed by atoms with van der Waals surface area (Å²) in [5.41, 5.74) is -2.69. The molecular formula is C21H18BrF5N2O2. The average Bonchev–Trinajstić information content (AvgIpc) is 2.71. The number of anilines is 1. The predicted octanol–water partition coefficient (Wildman–Crippen LogP) is 5.67. The number of pyridine rings is 1. The lowest BCUT2D eigenvalue weighted by Crippen LogP contribution is -2.54. The number of fused-ring (bicyclic) bond motifs is 1. The molecule has 0 aliphatic heterocycles. The van der Waals surface area contributed by atoms with Gasteiger partial charge in [-0.25, -0.2) is 8.78 Å². The molecule has 3 aromatic rings. The number of alkyl halides is 4. The molecule has 2 unspecified atom stereocenters. The van der Waals surface area contributed by atoms with Crippen LogP contribution < -0.4 is 10.1 Å². The van der Waals surface area contributed by atoms with Gasteiger partial charge in [0.05, 0.1) is 18.7 Å². The minimum Gasteiger partial charge on any atom is -0.491 e. The van der Waals surface area contributed by atoms with E-state index in [0.717, 1.165) is 19.2 Å². The third kappa shape index (κ3) is 4.18. The van der Waals surface area contributed by atoms with E-state index in [1.807, 2.05) is 0 Å². The van der Waals surface area contributed by atoms with E-state index >= 15 is 0 Å². The van der Waals surface area contributed by atoms with Crippen LogP contribution in [0.4, 0.5) is 27.6 Å². The van der Waals surface area contributed by atoms with Crippen molar-refractivity contribution in [2.24, 2.45) is 0 Å². The molecule has 4 nitrogen and oxygen atoms in total. The molecule has 0 saturated carbocycles. The number of aromatic nitrogens is 1. The summed E-state index contributed by atoms with van der Waals surface area (Å²) in [4.78, 5) is 4.33. The Balaban J connectivity index is 2.24. The van der Waals surface area contributed by atoms with Gasteiger partial charge in [-0.15, -0.1) is 0 Å². The highest BCUT2D eigenvalue weighted by molar-refractivity contribution is 9.09. The quantitative estimate of drug-likeness (QED) is 0.335. The highest BCUT2D eigenvalue weighted by Gasteiger charge is 2.59. The Morgan fingerprint density at radius 2 is 1.84 bits per heavy atom. The molecule has 1 heterocycles. The summed E-state index contributed by atoms with van der Waals surface area (Å²) in [6, 6.07) is 7.62. The molecule has 0 saturated heterocycles. The summed E-state index contributed by atoms with van der Waals surface area (Å²) in [6.45, 7) is 1.76. The van der Waals surface area contributed by atoms with E-state index in [1.165, 1.54) is 6.07 Å². The fraction of sp³-hybridized carbons (Fsp3) is 0.286. The van der Waals surface area contributed by atoms with Gasteiger partial charge in [-0.3, -0.25) is 4.98 Å². The van der Waals surface area contributed by atoms with Crippen LogP contribution in [0.15, 0.2) is 42.5 Å². The van der Waals surface area contributed by atoms with Crippen LogP contribution in [0.1, 0.15) is 17.3 Å². The van der Waals surface area contributed by atoms with Gasteiger partial charge in [-0.2, -0.15) is 13.2 Å². The summed E-state index contributed by atoms with van der Waals surface area (Å²) < 4.78 is 75.4. The van der Waals surface area contributed by atoms with Crippen LogP contribution in [0.2, 0.25) is 0 Å². The number of hydrogen-bond acceptors (Lipinski definition) is 4. The summed E-state index contributed by atoms with van der Waals surface area (Å²) >= 11 is 2.70. The first-order chi connectivity index (χ1) is 14.5. The van der Waals surface area contributed by atoms with Gasteiger partial charge in [-0.05, 0) is 37.3 Å². The maximum atomic E-state index is 15.0. The van der Waals surface area contributed by atoms with E-state index in [-0.39, 0.29) is 5.69 Å². The lowest BCUT2D eigenvalue weighted by atomic mass is 9.88. The van der Waals surface area contributed by atoms with Crippen LogP contribution in [-0.2, 0) is 0 Å². The third-order valence-corrected chi connectivity index (χ3v) is 5.79.